The van der Waals surface area contributed by atoms with Crippen molar-refractivity contribution in [2.45, 2.75) is 37.6 Å². The van der Waals surface area contributed by atoms with E-state index < -0.39 is 5.60 Å². The van der Waals surface area contributed by atoms with Crippen LogP contribution < -0.4 is 0 Å². The molecule has 4 aromatic rings. The molecular weight excluding hydrogens is 402 g/mol. The Balaban J connectivity index is 1.66. The van der Waals surface area contributed by atoms with Crippen LogP contribution in [0.1, 0.15) is 35.1 Å². The van der Waals surface area contributed by atoms with Gasteiger partial charge >= 0.3 is 0 Å². The lowest BCUT2D eigenvalue weighted by Crippen LogP contribution is -2.59. The fourth-order valence-corrected chi connectivity index (χ4v) is 5.90. The van der Waals surface area contributed by atoms with Crippen LogP contribution in [0.3, 0.4) is 0 Å². The highest BCUT2D eigenvalue weighted by atomic mass is 16.3. The van der Waals surface area contributed by atoms with Gasteiger partial charge in [-0.3, -0.25) is 0 Å². The van der Waals surface area contributed by atoms with E-state index in [1.54, 1.807) is 0 Å². The Morgan fingerprint density at radius 1 is 0.606 bits per heavy atom. The second kappa shape index (κ2) is 9.35. The number of quaternary nitrogens is 1. The molecule has 0 saturated carbocycles. The molecule has 0 radical (unpaired) electrons. The van der Waals surface area contributed by atoms with Crippen molar-refractivity contribution in [1.29, 1.82) is 0 Å². The second-order valence-electron chi connectivity index (χ2n) is 9.39. The summed E-state index contributed by atoms with van der Waals surface area (Å²) < 4.78 is 0.842. The third-order valence-electron chi connectivity index (χ3n) is 7.33. The summed E-state index contributed by atoms with van der Waals surface area (Å²) in [5.74, 6) is 0. The summed E-state index contributed by atoms with van der Waals surface area (Å²) in [5.41, 5.74) is 3.54. The average Bonchev–Trinajstić information content (AvgIpc) is 3.29. The van der Waals surface area contributed by atoms with Gasteiger partial charge in [0.15, 0.2) is 5.60 Å². The summed E-state index contributed by atoms with van der Waals surface area (Å²) >= 11 is 0. The van der Waals surface area contributed by atoms with Crippen molar-refractivity contribution in [2.75, 3.05) is 6.54 Å². The molecule has 1 saturated heterocycles. The van der Waals surface area contributed by atoms with Gasteiger partial charge in [-0.15, -0.1) is 0 Å². The first-order valence-electron chi connectivity index (χ1n) is 12.0. The molecule has 0 bridgehead atoms. The summed E-state index contributed by atoms with van der Waals surface area (Å²) in [6.07, 6.45) is 2.09. The van der Waals surface area contributed by atoms with Gasteiger partial charge in [0.05, 0.1) is 6.54 Å². The van der Waals surface area contributed by atoms with Gasteiger partial charge in [-0.25, -0.2) is 0 Å². The number of hydrogen-bond acceptors (Lipinski definition) is 1. The van der Waals surface area contributed by atoms with Gasteiger partial charge in [0.2, 0.25) is 0 Å². The van der Waals surface area contributed by atoms with Crippen molar-refractivity contribution in [1.82, 2.24) is 0 Å². The molecule has 0 aromatic heterocycles. The summed E-state index contributed by atoms with van der Waals surface area (Å²) in [6.45, 7) is 2.86. The van der Waals surface area contributed by atoms with Crippen LogP contribution in [-0.2, 0) is 18.7 Å². The minimum atomic E-state index is -1.07. The van der Waals surface area contributed by atoms with Crippen molar-refractivity contribution < 1.29 is 9.59 Å². The average molecular weight is 435 g/mol. The first kappa shape index (κ1) is 21.6. The molecule has 0 amide bonds. The number of nitrogens with zero attached hydrogens (tertiary/aromatic N) is 1. The monoisotopic (exact) mass is 434 g/mol. The van der Waals surface area contributed by atoms with Crippen LogP contribution in [0, 0.1) is 0 Å². The number of benzene rings is 4. The van der Waals surface area contributed by atoms with E-state index in [9.17, 15) is 5.11 Å². The number of likely N-dealkylation sites (tertiary alicyclic amines) is 1. The molecule has 0 aliphatic carbocycles. The standard InChI is InChI=1S/C31H32NO/c33-31(28-18-9-3-10-19-28,29-20-11-4-12-21-29)30-22-13-23-32(30,24-26-14-5-1-6-15-26)25-27-16-7-2-8-17-27/h1-12,14-21,30,33H,13,22-25H2/q+1. The Morgan fingerprint density at radius 2 is 1.00 bits per heavy atom. The van der Waals surface area contributed by atoms with E-state index in [0.717, 1.165) is 48.1 Å². The fourth-order valence-electron chi connectivity index (χ4n) is 5.90. The SMILES string of the molecule is OC(c1ccccc1)(c1ccccc1)C1CCC[N+]1(Cc1ccccc1)Cc1ccccc1. The largest absolute Gasteiger partial charge is 0.374 e. The maximum Gasteiger partial charge on any atom is 0.166 e. The van der Waals surface area contributed by atoms with Crippen LogP contribution in [-0.4, -0.2) is 22.2 Å². The van der Waals surface area contributed by atoms with Crippen LogP contribution in [0.15, 0.2) is 121 Å². The Hall–Kier alpha value is -3.20. The first-order valence-corrected chi connectivity index (χ1v) is 12.0. The van der Waals surface area contributed by atoms with Gasteiger partial charge in [-0.2, -0.15) is 0 Å². The van der Waals surface area contributed by atoms with E-state index in [-0.39, 0.29) is 6.04 Å². The molecule has 1 heterocycles. The van der Waals surface area contributed by atoms with E-state index in [1.807, 2.05) is 36.4 Å². The van der Waals surface area contributed by atoms with Gasteiger partial charge in [-0.1, -0.05) is 121 Å². The fraction of sp³-hybridized carbons (Fsp3) is 0.226. The molecule has 4 aromatic carbocycles. The molecule has 2 nitrogen and oxygen atoms in total. The molecule has 1 aliphatic heterocycles. The van der Waals surface area contributed by atoms with Crippen LogP contribution >= 0.6 is 0 Å². The molecule has 1 unspecified atom stereocenters. The minimum Gasteiger partial charge on any atom is -0.374 e. The topological polar surface area (TPSA) is 20.2 Å². The van der Waals surface area contributed by atoms with Crippen molar-refractivity contribution in [3.8, 4) is 0 Å². The maximum atomic E-state index is 12.7. The highest BCUT2D eigenvalue weighted by Gasteiger charge is 2.55. The van der Waals surface area contributed by atoms with Crippen LogP contribution in [0.25, 0.3) is 0 Å². The van der Waals surface area contributed by atoms with Crippen molar-refractivity contribution in [3.05, 3.63) is 144 Å². The number of aliphatic hydroxyl groups is 1. The van der Waals surface area contributed by atoms with Gasteiger partial charge in [0, 0.05) is 24.0 Å². The molecule has 1 N–H and O–H groups in total. The van der Waals surface area contributed by atoms with Gasteiger partial charge < -0.3 is 9.59 Å². The maximum absolute atomic E-state index is 12.7. The summed E-state index contributed by atoms with van der Waals surface area (Å²) in [5, 5.41) is 12.7. The molecule has 1 atom stereocenters. The van der Waals surface area contributed by atoms with Gasteiger partial charge in [0.1, 0.15) is 19.1 Å². The number of hydrogen-bond donors (Lipinski definition) is 1. The Labute approximate surface area is 197 Å². The molecular formula is C31H32NO+. The zero-order valence-electron chi connectivity index (χ0n) is 19.1. The highest BCUT2D eigenvalue weighted by Crippen LogP contribution is 2.46. The van der Waals surface area contributed by atoms with Crippen molar-refractivity contribution in [2.24, 2.45) is 0 Å². The van der Waals surface area contributed by atoms with E-state index in [4.69, 9.17) is 0 Å². The Kier molecular flexibility index (Phi) is 6.13. The van der Waals surface area contributed by atoms with Crippen LogP contribution in [0.4, 0.5) is 0 Å². The molecule has 2 heteroatoms. The van der Waals surface area contributed by atoms with E-state index in [0.29, 0.717) is 0 Å². The Morgan fingerprint density at radius 3 is 1.42 bits per heavy atom. The molecule has 0 spiro atoms. The number of rotatable bonds is 7. The predicted octanol–water partition coefficient (Wildman–Crippen LogP) is 6.30. The van der Waals surface area contributed by atoms with Crippen LogP contribution in [0.5, 0.6) is 0 Å². The third kappa shape index (κ3) is 4.25. The molecule has 33 heavy (non-hydrogen) atoms. The highest BCUT2D eigenvalue weighted by molar-refractivity contribution is 5.38. The third-order valence-corrected chi connectivity index (χ3v) is 7.33. The zero-order chi connectivity index (χ0) is 22.6. The summed E-state index contributed by atoms with van der Waals surface area (Å²) in [6, 6.07) is 42.2. The zero-order valence-corrected chi connectivity index (χ0v) is 19.1. The minimum absolute atomic E-state index is 0.0442. The van der Waals surface area contributed by atoms with Crippen LogP contribution in [0.2, 0.25) is 0 Å². The van der Waals surface area contributed by atoms with Crippen molar-refractivity contribution in [3.63, 3.8) is 0 Å². The van der Waals surface area contributed by atoms with Gasteiger partial charge in [0.25, 0.3) is 0 Å². The van der Waals surface area contributed by atoms with E-state index in [2.05, 4.69) is 84.9 Å². The smallest absolute Gasteiger partial charge is 0.166 e. The van der Waals surface area contributed by atoms with E-state index in [1.165, 1.54) is 11.1 Å². The lowest BCUT2D eigenvalue weighted by atomic mass is 9.78. The predicted molar refractivity (Wildman–Crippen MR) is 134 cm³/mol. The molecule has 1 fully saturated rings. The van der Waals surface area contributed by atoms with E-state index >= 15 is 0 Å². The quantitative estimate of drug-likeness (QED) is 0.338. The lowest BCUT2D eigenvalue weighted by Gasteiger charge is -2.47. The summed E-state index contributed by atoms with van der Waals surface area (Å²) in [7, 11) is 0. The van der Waals surface area contributed by atoms with Crippen molar-refractivity contribution >= 4 is 0 Å². The summed E-state index contributed by atoms with van der Waals surface area (Å²) in [4.78, 5) is 0. The normalized spacial score (nSPS) is 17.7. The Bertz CT molecular complexity index is 1060. The molecule has 166 valence electrons. The lowest BCUT2D eigenvalue weighted by molar-refractivity contribution is -0.970. The first-order chi connectivity index (χ1) is 16.2. The second-order valence-corrected chi connectivity index (χ2v) is 9.39. The molecule has 1 aliphatic rings. The molecule has 5 rings (SSSR count). The van der Waals surface area contributed by atoms with Gasteiger partial charge in [-0.05, 0) is 11.1 Å².